The van der Waals surface area contributed by atoms with Crippen molar-refractivity contribution in [1.82, 2.24) is 4.90 Å². The van der Waals surface area contributed by atoms with E-state index in [4.69, 9.17) is 27.9 Å². The number of rotatable bonds is 1. The van der Waals surface area contributed by atoms with E-state index in [0.717, 1.165) is 13.1 Å². The molecule has 5 heteroatoms. The monoisotopic (exact) mass is 287 g/mol. The summed E-state index contributed by atoms with van der Waals surface area (Å²) in [5, 5.41) is 11.5. The highest BCUT2D eigenvalue weighted by atomic mass is 35.5. The molecule has 2 atom stereocenters. The molecule has 0 spiro atoms. The van der Waals surface area contributed by atoms with Gasteiger partial charge >= 0.3 is 0 Å². The van der Waals surface area contributed by atoms with Crippen LogP contribution in [0.2, 0.25) is 10.0 Å². The average Bonchev–Trinajstić information content (AvgIpc) is 2.84. The van der Waals surface area contributed by atoms with Gasteiger partial charge in [-0.25, -0.2) is 0 Å². The van der Waals surface area contributed by atoms with E-state index in [2.05, 4.69) is 4.90 Å². The van der Waals surface area contributed by atoms with Crippen molar-refractivity contribution in [2.24, 2.45) is 0 Å². The standard InChI is InChI=1S/C13H15Cl2NO2/c14-8-5-9-12(17)11(16-3-1-2-4-16)7-18-13(9)10(15)6-8/h5-6,11-12,17H,1-4,7H2. The fourth-order valence-electron chi connectivity index (χ4n) is 2.80. The number of fused-ring (bicyclic) bond motifs is 1. The van der Waals surface area contributed by atoms with Crippen LogP contribution in [0.1, 0.15) is 24.5 Å². The van der Waals surface area contributed by atoms with Crippen LogP contribution in [-0.2, 0) is 0 Å². The third-order valence-electron chi connectivity index (χ3n) is 3.73. The quantitative estimate of drug-likeness (QED) is 0.862. The molecular weight excluding hydrogens is 273 g/mol. The Hall–Kier alpha value is -0.480. The molecule has 2 aliphatic rings. The Kier molecular flexibility index (Phi) is 3.41. The fourth-order valence-corrected chi connectivity index (χ4v) is 3.36. The molecule has 2 aliphatic heterocycles. The van der Waals surface area contributed by atoms with Gasteiger partial charge in [-0.15, -0.1) is 0 Å². The molecule has 1 N–H and O–H groups in total. The first-order valence-electron chi connectivity index (χ1n) is 6.20. The van der Waals surface area contributed by atoms with Crippen molar-refractivity contribution < 1.29 is 9.84 Å². The second-order valence-electron chi connectivity index (χ2n) is 4.87. The summed E-state index contributed by atoms with van der Waals surface area (Å²) >= 11 is 12.1. The van der Waals surface area contributed by atoms with Gasteiger partial charge in [0.25, 0.3) is 0 Å². The molecule has 1 aromatic rings. The van der Waals surface area contributed by atoms with Crippen LogP contribution in [0.4, 0.5) is 0 Å². The van der Waals surface area contributed by atoms with Crippen molar-refractivity contribution in [3.63, 3.8) is 0 Å². The Labute approximate surface area is 116 Å². The van der Waals surface area contributed by atoms with Gasteiger partial charge in [0.2, 0.25) is 0 Å². The number of nitrogens with zero attached hydrogens (tertiary/aromatic N) is 1. The van der Waals surface area contributed by atoms with E-state index in [1.54, 1.807) is 12.1 Å². The van der Waals surface area contributed by atoms with Crippen LogP contribution in [0, 0.1) is 0 Å². The topological polar surface area (TPSA) is 32.7 Å². The number of benzene rings is 1. The molecule has 3 nitrogen and oxygen atoms in total. The predicted molar refractivity (Wildman–Crippen MR) is 71.5 cm³/mol. The zero-order valence-corrected chi connectivity index (χ0v) is 11.4. The van der Waals surface area contributed by atoms with Gasteiger partial charge in [-0.2, -0.15) is 0 Å². The van der Waals surface area contributed by atoms with Gasteiger partial charge in [0.1, 0.15) is 18.5 Å². The Morgan fingerprint density at radius 3 is 2.67 bits per heavy atom. The SMILES string of the molecule is OC1c2cc(Cl)cc(Cl)c2OCC1N1CCCC1. The molecule has 0 saturated carbocycles. The first kappa shape index (κ1) is 12.5. The lowest BCUT2D eigenvalue weighted by Crippen LogP contribution is -2.44. The number of likely N-dealkylation sites (tertiary alicyclic amines) is 1. The van der Waals surface area contributed by atoms with Crippen LogP contribution in [0.3, 0.4) is 0 Å². The van der Waals surface area contributed by atoms with Gasteiger partial charge in [-0.05, 0) is 38.1 Å². The Morgan fingerprint density at radius 1 is 1.22 bits per heavy atom. The van der Waals surface area contributed by atoms with Crippen LogP contribution in [-0.4, -0.2) is 35.7 Å². The lowest BCUT2D eigenvalue weighted by atomic mass is 9.98. The number of halogens is 2. The van der Waals surface area contributed by atoms with E-state index in [-0.39, 0.29) is 6.04 Å². The van der Waals surface area contributed by atoms with Crippen molar-refractivity contribution >= 4 is 23.2 Å². The second kappa shape index (κ2) is 4.89. The summed E-state index contributed by atoms with van der Waals surface area (Å²) in [4.78, 5) is 2.28. The number of aliphatic hydroxyl groups is 1. The van der Waals surface area contributed by atoms with Crippen molar-refractivity contribution in [1.29, 1.82) is 0 Å². The van der Waals surface area contributed by atoms with Crippen LogP contribution in [0.5, 0.6) is 5.75 Å². The molecule has 0 radical (unpaired) electrons. The van der Waals surface area contributed by atoms with Gasteiger partial charge in [0.15, 0.2) is 0 Å². The van der Waals surface area contributed by atoms with Gasteiger partial charge in [-0.3, -0.25) is 4.90 Å². The predicted octanol–water partition coefficient (Wildman–Crippen LogP) is 2.88. The lowest BCUT2D eigenvalue weighted by Gasteiger charge is -2.36. The van der Waals surface area contributed by atoms with E-state index in [1.165, 1.54) is 12.8 Å². The normalized spacial score (nSPS) is 27.9. The molecular formula is C13H15Cl2NO2. The smallest absolute Gasteiger partial charge is 0.143 e. The van der Waals surface area contributed by atoms with Crippen LogP contribution in [0.15, 0.2) is 12.1 Å². The molecule has 1 saturated heterocycles. The Bertz CT molecular complexity index is 461. The summed E-state index contributed by atoms with van der Waals surface area (Å²) in [6.45, 7) is 2.53. The van der Waals surface area contributed by atoms with Gasteiger partial charge < -0.3 is 9.84 Å². The van der Waals surface area contributed by atoms with Gasteiger partial charge in [0, 0.05) is 10.6 Å². The minimum atomic E-state index is -0.581. The largest absolute Gasteiger partial charge is 0.490 e. The van der Waals surface area contributed by atoms with Crippen molar-refractivity contribution in [3.8, 4) is 5.75 Å². The fraction of sp³-hybridized carbons (Fsp3) is 0.538. The molecule has 0 aliphatic carbocycles. The molecule has 0 bridgehead atoms. The Morgan fingerprint density at radius 2 is 1.94 bits per heavy atom. The minimum Gasteiger partial charge on any atom is -0.490 e. The maximum Gasteiger partial charge on any atom is 0.143 e. The highest BCUT2D eigenvalue weighted by Crippen LogP contribution is 2.41. The number of hydrogen-bond acceptors (Lipinski definition) is 3. The van der Waals surface area contributed by atoms with Gasteiger partial charge in [-0.1, -0.05) is 23.2 Å². The summed E-state index contributed by atoms with van der Waals surface area (Å²) in [7, 11) is 0. The van der Waals surface area contributed by atoms with Crippen LogP contribution < -0.4 is 4.74 Å². The lowest BCUT2D eigenvalue weighted by molar-refractivity contribution is 0.0141. The third-order valence-corrected chi connectivity index (χ3v) is 4.23. The number of hydrogen-bond donors (Lipinski definition) is 1. The van der Waals surface area contributed by atoms with Gasteiger partial charge in [0.05, 0.1) is 11.1 Å². The van der Waals surface area contributed by atoms with Crippen molar-refractivity contribution in [2.75, 3.05) is 19.7 Å². The molecule has 98 valence electrons. The molecule has 1 fully saturated rings. The summed E-state index contributed by atoms with van der Waals surface area (Å²) in [5.41, 5.74) is 0.704. The van der Waals surface area contributed by atoms with E-state index in [1.807, 2.05) is 0 Å². The second-order valence-corrected chi connectivity index (χ2v) is 5.72. The molecule has 18 heavy (non-hydrogen) atoms. The van der Waals surface area contributed by atoms with E-state index in [9.17, 15) is 5.11 Å². The van der Waals surface area contributed by atoms with E-state index in [0.29, 0.717) is 28.0 Å². The third kappa shape index (κ3) is 2.10. The Balaban J connectivity index is 1.93. The van der Waals surface area contributed by atoms with Crippen LogP contribution >= 0.6 is 23.2 Å². The number of ether oxygens (including phenoxy) is 1. The van der Waals surface area contributed by atoms with Crippen LogP contribution in [0.25, 0.3) is 0 Å². The summed E-state index contributed by atoms with van der Waals surface area (Å²) < 4.78 is 5.71. The number of aliphatic hydroxyl groups excluding tert-OH is 1. The first-order valence-corrected chi connectivity index (χ1v) is 6.96. The molecule has 3 rings (SSSR count). The molecule has 0 aromatic heterocycles. The maximum atomic E-state index is 10.5. The highest BCUT2D eigenvalue weighted by molar-refractivity contribution is 6.35. The molecule has 2 unspecified atom stereocenters. The molecule has 0 amide bonds. The average molecular weight is 288 g/mol. The first-order chi connectivity index (χ1) is 8.66. The maximum absolute atomic E-state index is 10.5. The summed E-state index contributed by atoms with van der Waals surface area (Å²) in [6.07, 6.45) is 1.79. The highest BCUT2D eigenvalue weighted by Gasteiger charge is 2.35. The van der Waals surface area contributed by atoms with Crippen molar-refractivity contribution in [3.05, 3.63) is 27.7 Å². The zero-order valence-electron chi connectivity index (χ0n) is 9.90. The van der Waals surface area contributed by atoms with E-state index < -0.39 is 6.10 Å². The summed E-state index contributed by atoms with van der Waals surface area (Å²) in [5.74, 6) is 0.573. The summed E-state index contributed by atoms with van der Waals surface area (Å²) in [6, 6.07) is 3.40. The molecule has 2 heterocycles. The minimum absolute atomic E-state index is 0.00883. The van der Waals surface area contributed by atoms with Crippen molar-refractivity contribution in [2.45, 2.75) is 25.0 Å². The van der Waals surface area contributed by atoms with E-state index >= 15 is 0 Å². The molecule has 1 aromatic carbocycles. The zero-order chi connectivity index (χ0) is 12.7.